The Labute approximate surface area is 50.3 Å². The molecule has 0 saturated carbocycles. The van der Waals surface area contributed by atoms with E-state index in [1.54, 1.807) is 0 Å². The standard InChI is InChI=1S/C6H13NO/c1-7-5-3-2-4-6-8/h8H,1-6H2. The number of unbranched alkanes of at least 4 members (excludes halogenated alkanes) is 2. The summed E-state index contributed by atoms with van der Waals surface area (Å²) in [6.07, 6.45) is 3.02. The van der Waals surface area contributed by atoms with E-state index < -0.39 is 0 Å². The van der Waals surface area contributed by atoms with Gasteiger partial charge in [-0.3, -0.25) is 0 Å². The van der Waals surface area contributed by atoms with E-state index in [-0.39, 0.29) is 0 Å². The number of aliphatic hydroxyl groups is 1. The van der Waals surface area contributed by atoms with Crippen LogP contribution in [0.4, 0.5) is 0 Å². The van der Waals surface area contributed by atoms with E-state index in [2.05, 4.69) is 11.7 Å². The molecule has 0 fully saturated rings. The van der Waals surface area contributed by atoms with Crippen LogP contribution in [0.3, 0.4) is 0 Å². The number of hydrogen-bond acceptors (Lipinski definition) is 2. The Morgan fingerprint density at radius 1 is 1.25 bits per heavy atom. The van der Waals surface area contributed by atoms with Crippen LogP contribution in [0.2, 0.25) is 0 Å². The van der Waals surface area contributed by atoms with Gasteiger partial charge in [-0.1, -0.05) is 0 Å². The first-order chi connectivity index (χ1) is 3.91. The predicted molar refractivity (Wildman–Crippen MR) is 35.4 cm³/mol. The molecular formula is C6H13NO. The van der Waals surface area contributed by atoms with Crippen molar-refractivity contribution in [1.82, 2.24) is 0 Å². The number of hydrogen-bond donors (Lipinski definition) is 1. The summed E-state index contributed by atoms with van der Waals surface area (Å²) in [6, 6.07) is 0. The fourth-order valence-corrected chi connectivity index (χ4v) is 0.512. The molecular weight excluding hydrogens is 102 g/mol. The van der Waals surface area contributed by atoms with Gasteiger partial charge in [0.1, 0.15) is 0 Å². The lowest BCUT2D eigenvalue weighted by atomic mass is 10.2. The van der Waals surface area contributed by atoms with Crippen molar-refractivity contribution in [1.29, 1.82) is 0 Å². The van der Waals surface area contributed by atoms with E-state index in [0.29, 0.717) is 6.61 Å². The normalized spacial score (nSPS) is 9.12. The molecule has 0 aromatic heterocycles. The number of aliphatic imine (C=N–C) groups is 1. The van der Waals surface area contributed by atoms with Crippen molar-refractivity contribution in [2.45, 2.75) is 19.3 Å². The van der Waals surface area contributed by atoms with Gasteiger partial charge in [-0.15, -0.1) is 0 Å². The largest absolute Gasteiger partial charge is 0.396 e. The van der Waals surface area contributed by atoms with E-state index in [1.807, 2.05) is 0 Å². The third-order valence-electron chi connectivity index (χ3n) is 0.974. The Morgan fingerprint density at radius 3 is 2.50 bits per heavy atom. The quantitative estimate of drug-likeness (QED) is 0.418. The van der Waals surface area contributed by atoms with Crippen molar-refractivity contribution in [3.8, 4) is 0 Å². The second-order valence-electron chi connectivity index (χ2n) is 1.73. The summed E-state index contributed by atoms with van der Waals surface area (Å²) in [7, 11) is 0. The molecule has 0 unspecified atom stereocenters. The summed E-state index contributed by atoms with van der Waals surface area (Å²) in [5.41, 5.74) is 0. The summed E-state index contributed by atoms with van der Waals surface area (Å²) < 4.78 is 0. The maximum absolute atomic E-state index is 8.32. The molecule has 48 valence electrons. The molecule has 0 radical (unpaired) electrons. The van der Waals surface area contributed by atoms with Gasteiger partial charge in [0.25, 0.3) is 0 Å². The average molecular weight is 115 g/mol. The fraction of sp³-hybridized carbons (Fsp3) is 0.833. The highest BCUT2D eigenvalue weighted by Crippen LogP contribution is 1.92. The van der Waals surface area contributed by atoms with Crippen LogP contribution in [0.15, 0.2) is 4.99 Å². The van der Waals surface area contributed by atoms with Crippen LogP contribution in [0.1, 0.15) is 19.3 Å². The minimum Gasteiger partial charge on any atom is -0.396 e. The van der Waals surface area contributed by atoms with Crippen LogP contribution < -0.4 is 0 Å². The molecule has 0 heterocycles. The minimum atomic E-state index is 0.303. The summed E-state index contributed by atoms with van der Waals surface area (Å²) in [4.78, 5) is 3.68. The Morgan fingerprint density at radius 2 is 2.00 bits per heavy atom. The van der Waals surface area contributed by atoms with Gasteiger partial charge in [0.15, 0.2) is 0 Å². The van der Waals surface area contributed by atoms with E-state index in [9.17, 15) is 0 Å². The van der Waals surface area contributed by atoms with Crippen molar-refractivity contribution in [3.63, 3.8) is 0 Å². The zero-order valence-corrected chi connectivity index (χ0v) is 5.14. The molecule has 0 aromatic carbocycles. The first-order valence-electron chi connectivity index (χ1n) is 2.95. The van der Waals surface area contributed by atoms with Crippen LogP contribution >= 0.6 is 0 Å². The average Bonchev–Trinajstić information content (AvgIpc) is 1.81. The molecule has 8 heavy (non-hydrogen) atoms. The Bertz CT molecular complexity index is 54.5. The van der Waals surface area contributed by atoms with Crippen LogP contribution in [-0.4, -0.2) is 25.0 Å². The summed E-state index contributed by atoms with van der Waals surface area (Å²) in [5.74, 6) is 0. The molecule has 0 aliphatic heterocycles. The first-order valence-corrected chi connectivity index (χ1v) is 2.95. The van der Waals surface area contributed by atoms with Gasteiger partial charge in [-0.05, 0) is 26.0 Å². The maximum Gasteiger partial charge on any atom is 0.0431 e. The molecule has 0 rings (SSSR count). The SMILES string of the molecule is C=NCCCCCO. The molecule has 2 nitrogen and oxygen atoms in total. The van der Waals surface area contributed by atoms with Gasteiger partial charge in [0, 0.05) is 13.2 Å². The topological polar surface area (TPSA) is 32.6 Å². The molecule has 0 aromatic rings. The summed E-state index contributed by atoms with van der Waals surface area (Å²) >= 11 is 0. The van der Waals surface area contributed by atoms with Gasteiger partial charge < -0.3 is 10.1 Å². The number of nitrogens with zero attached hydrogens (tertiary/aromatic N) is 1. The van der Waals surface area contributed by atoms with E-state index in [4.69, 9.17) is 5.11 Å². The number of rotatable bonds is 5. The zero-order valence-electron chi connectivity index (χ0n) is 5.14. The van der Waals surface area contributed by atoms with Gasteiger partial charge in [0.05, 0.1) is 0 Å². The Kier molecular flexibility index (Phi) is 6.32. The van der Waals surface area contributed by atoms with Crippen molar-refractivity contribution in [2.24, 2.45) is 4.99 Å². The van der Waals surface area contributed by atoms with Crippen LogP contribution in [0.25, 0.3) is 0 Å². The lowest BCUT2D eigenvalue weighted by Gasteiger charge is -1.91. The van der Waals surface area contributed by atoms with Crippen LogP contribution in [0.5, 0.6) is 0 Å². The zero-order chi connectivity index (χ0) is 6.24. The van der Waals surface area contributed by atoms with Crippen molar-refractivity contribution in [3.05, 3.63) is 0 Å². The second kappa shape index (κ2) is 6.63. The third kappa shape index (κ3) is 5.63. The highest BCUT2D eigenvalue weighted by molar-refractivity contribution is 5.22. The van der Waals surface area contributed by atoms with Gasteiger partial charge in [-0.2, -0.15) is 0 Å². The van der Waals surface area contributed by atoms with Gasteiger partial charge >= 0.3 is 0 Å². The van der Waals surface area contributed by atoms with Crippen molar-refractivity contribution < 1.29 is 5.11 Å². The maximum atomic E-state index is 8.32. The predicted octanol–water partition coefficient (Wildman–Crippen LogP) is 0.850. The lowest BCUT2D eigenvalue weighted by molar-refractivity contribution is 0.283. The molecule has 1 N–H and O–H groups in total. The van der Waals surface area contributed by atoms with Crippen molar-refractivity contribution in [2.75, 3.05) is 13.2 Å². The second-order valence-corrected chi connectivity index (χ2v) is 1.73. The Hall–Kier alpha value is -0.370. The molecule has 0 bridgehead atoms. The molecule has 0 aliphatic rings. The number of aliphatic hydroxyl groups excluding tert-OH is 1. The fourth-order valence-electron chi connectivity index (χ4n) is 0.512. The highest BCUT2D eigenvalue weighted by Gasteiger charge is 1.82. The van der Waals surface area contributed by atoms with Crippen LogP contribution in [0, 0.1) is 0 Å². The first kappa shape index (κ1) is 7.63. The molecule has 2 heteroatoms. The summed E-state index contributed by atoms with van der Waals surface area (Å²) in [6.45, 7) is 4.48. The van der Waals surface area contributed by atoms with E-state index in [0.717, 1.165) is 25.8 Å². The minimum absolute atomic E-state index is 0.303. The Balaban J connectivity index is 2.62. The molecule has 0 aliphatic carbocycles. The van der Waals surface area contributed by atoms with Crippen LogP contribution in [-0.2, 0) is 0 Å². The monoisotopic (exact) mass is 115 g/mol. The third-order valence-corrected chi connectivity index (χ3v) is 0.974. The summed E-state index contributed by atoms with van der Waals surface area (Å²) in [5, 5.41) is 8.32. The lowest BCUT2D eigenvalue weighted by Crippen LogP contribution is -1.84. The van der Waals surface area contributed by atoms with E-state index in [1.165, 1.54) is 0 Å². The van der Waals surface area contributed by atoms with Gasteiger partial charge in [-0.25, -0.2) is 0 Å². The molecule has 0 amide bonds. The molecule has 0 spiro atoms. The van der Waals surface area contributed by atoms with Crippen molar-refractivity contribution >= 4 is 6.72 Å². The molecule has 0 saturated heterocycles. The highest BCUT2D eigenvalue weighted by atomic mass is 16.2. The smallest absolute Gasteiger partial charge is 0.0431 e. The van der Waals surface area contributed by atoms with E-state index >= 15 is 0 Å². The molecule has 0 atom stereocenters. The van der Waals surface area contributed by atoms with Gasteiger partial charge in [0.2, 0.25) is 0 Å².